The summed E-state index contributed by atoms with van der Waals surface area (Å²) < 4.78 is 2.87. The first-order valence-corrected chi connectivity index (χ1v) is 7.16. The summed E-state index contributed by atoms with van der Waals surface area (Å²) in [5, 5.41) is 0. The third-order valence-corrected chi connectivity index (χ3v) is 3.85. The number of pyridine rings is 1. The van der Waals surface area contributed by atoms with Gasteiger partial charge in [0.2, 0.25) is 0 Å². The SMILES string of the molecule is Cc1ccc2[nH]c(=S)n(CCCN(C)C(C)C)c2n1. The Kier molecular flexibility index (Phi) is 4.37. The number of aromatic nitrogens is 3. The number of H-pyrrole nitrogens is 1. The van der Waals surface area contributed by atoms with E-state index in [2.05, 4.69) is 40.3 Å². The number of nitrogens with one attached hydrogen (secondary N) is 1. The second-order valence-corrected chi connectivity index (χ2v) is 5.72. The monoisotopic (exact) mass is 278 g/mol. The third-order valence-electron chi connectivity index (χ3n) is 3.53. The molecule has 0 unspecified atom stereocenters. The van der Waals surface area contributed by atoms with Gasteiger partial charge in [0.1, 0.15) is 0 Å². The zero-order valence-corrected chi connectivity index (χ0v) is 12.9. The number of rotatable bonds is 5. The highest BCUT2D eigenvalue weighted by Crippen LogP contribution is 2.13. The maximum absolute atomic E-state index is 5.38. The van der Waals surface area contributed by atoms with Crippen molar-refractivity contribution in [3.63, 3.8) is 0 Å². The second kappa shape index (κ2) is 5.84. The molecule has 2 heterocycles. The molecule has 0 fully saturated rings. The number of imidazole rings is 1. The number of aryl methyl sites for hydroxylation is 2. The van der Waals surface area contributed by atoms with Crippen molar-refractivity contribution in [1.29, 1.82) is 0 Å². The van der Waals surface area contributed by atoms with Gasteiger partial charge in [-0.3, -0.25) is 0 Å². The van der Waals surface area contributed by atoms with Crippen molar-refractivity contribution < 1.29 is 0 Å². The van der Waals surface area contributed by atoms with Crippen LogP contribution in [-0.2, 0) is 6.54 Å². The largest absolute Gasteiger partial charge is 0.329 e. The summed E-state index contributed by atoms with van der Waals surface area (Å²) in [4.78, 5) is 10.1. The zero-order chi connectivity index (χ0) is 14.0. The second-order valence-electron chi connectivity index (χ2n) is 5.33. The van der Waals surface area contributed by atoms with Gasteiger partial charge in [-0.1, -0.05) is 0 Å². The molecule has 0 aliphatic carbocycles. The first-order chi connectivity index (χ1) is 8.99. The minimum absolute atomic E-state index is 0.580. The Morgan fingerprint density at radius 3 is 2.84 bits per heavy atom. The molecule has 0 saturated heterocycles. The van der Waals surface area contributed by atoms with E-state index in [-0.39, 0.29) is 0 Å². The van der Waals surface area contributed by atoms with Crippen LogP contribution in [0.2, 0.25) is 0 Å². The van der Waals surface area contributed by atoms with E-state index in [9.17, 15) is 0 Å². The first-order valence-electron chi connectivity index (χ1n) is 6.75. The zero-order valence-electron chi connectivity index (χ0n) is 12.1. The highest BCUT2D eigenvalue weighted by molar-refractivity contribution is 7.71. The quantitative estimate of drug-likeness (QED) is 0.854. The highest BCUT2D eigenvalue weighted by atomic mass is 32.1. The molecule has 19 heavy (non-hydrogen) atoms. The van der Waals surface area contributed by atoms with E-state index in [0.717, 1.165) is 41.1 Å². The lowest BCUT2D eigenvalue weighted by atomic mass is 10.3. The topological polar surface area (TPSA) is 36.9 Å². The molecule has 0 aromatic carbocycles. The summed E-state index contributed by atoms with van der Waals surface area (Å²) in [7, 11) is 2.15. The van der Waals surface area contributed by atoms with E-state index in [1.807, 2.05) is 19.1 Å². The van der Waals surface area contributed by atoms with Crippen molar-refractivity contribution in [3.05, 3.63) is 22.6 Å². The molecule has 104 valence electrons. The predicted octanol–water partition coefficient (Wildman–Crippen LogP) is 3.13. The fourth-order valence-corrected chi connectivity index (χ4v) is 2.36. The lowest BCUT2D eigenvalue weighted by Crippen LogP contribution is -2.27. The maximum Gasteiger partial charge on any atom is 0.179 e. The molecule has 0 bridgehead atoms. The van der Waals surface area contributed by atoms with Crippen molar-refractivity contribution in [2.75, 3.05) is 13.6 Å². The number of fused-ring (bicyclic) bond motifs is 1. The van der Waals surface area contributed by atoms with Crippen molar-refractivity contribution in [1.82, 2.24) is 19.4 Å². The molecule has 0 spiro atoms. The summed E-state index contributed by atoms with van der Waals surface area (Å²) in [5.41, 5.74) is 3.01. The average molecular weight is 278 g/mol. The number of hydrogen-bond acceptors (Lipinski definition) is 3. The van der Waals surface area contributed by atoms with Crippen LogP contribution in [0.5, 0.6) is 0 Å². The van der Waals surface area contributed by atoms with Crippen LogP contribution in [0, 0.1) is 11.7 Å². The predicted molar refractivity (Wildman–Crippen MR) is 82.0 cm³/mol. The lowest BCUT2D eigenvalue weighted by Gasteiger charge is -2.20. The fraction of sp³-hybridized carbons (Fsp3) is 0.571. The number of aromatic amines is 1. The summed E-state index contributed by atoms with van der Waals surface area (Å²) in [5.74, 6) is 0. The summed E-state index contributed by atoms with van der Waals surface area (Å²) in [6, 6.07) is 4.63. The molecular weight excluding hydrogens is 256 g/mol. The molecule has 1 N–H and O–H groups in total. The first kappa shape index (κ1) is 14.2. The molecule has 4 nitrogen and oxygen atoms in total. The lowest BCUT2D eigenvalue weighted by molar-refractivity contribution is 0.265. The summed E-state index contributed by atoms with van der Waals surface area (Å²) in [6.07, 6.45) is 1.07. The Bertz CT molecular complexity index is 611. The molecule has 2 aromatic rings. The molecule has 0 amide bonds. The van der Waals surface area contributed by atoms with Crippen LogP contribution in [0.1, 0.15) is 26.0 Å². The van der Waals surface area contributed by atoms with Crippen molar-refractivity contribution in [3.8, 4) is 0 Å². The van der Waals surface area contributed by atoms with E-state index in [1.165, 1.54) is 0 Å². The van der Waals surface area contributed by atoms with Crippen LogP contribution in [0.3, 0.4) is 0 Å². The van der Waals surface area contributed by atoms with Gasteiger partial charge in [0.05, 0.1) is 5.52 Å². The van der Waals surface area contributed by atoms with Gasteiger partial charge in [0.25, 0.3) is 0 Å². The molecule has 0 atom stereocenters. The van der Waals surface area contributed by atoms with E-state index < -0.39 is 0 Å². The molecule has 0 aliphatic rings. The van der Waals surface area contributed by atoms with Gasteiger partial charge in [-0.15, -0.1) is 0 Å². The molecule has 0 radical (unpaired) electrons. The van der Waals surface area contributed by atoms with Gasteiger partial charge in [-0.05, 0) is 65.1 Å². The van der Waals surface area contributed by atoms with Crippen LogP contribution < -0.4 is 0 Å². The third kappa shape index (κ3) is 3.22. The van der Waals surface area contributed by atoms with Gasteiger partial charge < -0.3 is 14.5 Å². The Morgan fingerprint density at radius 2 is 2.16 bits per heavy atom. The molecule has 2 rings (SSSR count). The Balaban J connectivity index is 2.14. The molecule has 2 aromatic heterocycles. The summed E-state index contributed by atoms with van der Waals surface area (Å²) >= 11 is 5.38. The summed E-state index contributed by atoms with van der Waals surface area (Å²) in [6.45, 7) is 8.40. The smallest absolute Gasteiger partial charge is 0.179 e. The van der Waals surface area contributed by atoms with Crippen LogP contribution in [0.4, 0.5) is 0 Å². The van der Waals surface area contributed by atoms with Crippen molar-refractivity contribution in [2.45, 2.75) is 39.8 Å². The number of hydrogen-bond donors (Lipinski definition) is 1. The van der Waals surface area contributed by atoms with Crippen molar-refractivity contribution >= 4 is 23.4 Å². The van der Waals surface area contributed by atoms with Gasteiger partial charge in [-0.2, -0.15) is 0 Å². The average Bonchev–Trinajstić information content (AvgIpc) is 2.65. The van der Waals surface area contributed by atoms with Crippen LogP contribution in [-0.4, -0.2) is 39.1 Å². The van der Waals surface area contributed by atoms with E-state index in [4.69, 9.17) is 12.2 Å². The molecule has 5 heteroatoms. The minimum Gasteiger partial charge on any atom is -0.329 e. The van der Waals surface area contributed by atoms with Gasteiger partial charge in [0.15, 0.2) is 10.4 Å². The highest BCUT2D eigenvalue weighted by Gasteiger charge is 2.07. The maximum atomic E-state index is 5.38. The molecule has 0 aliphatic heterocycles. The number of nitrogens with zero attached hydrogens (tertiary/aromatic N) is 3. The minimum atomic E-state index is 0.580. The van der Waals surface area contributed by atoms with Gasteiger partial charge in [-0.25, -0.2) is 4.98 Å². The van der Waals surface area contributed by atoms with E-state index >= 15 is 0 Å². The molecule has 0 saturated carbocycles. The Labute approximate surface area is 119 Å². The van der Waals surface area contributed by atoms with Crippen LogP contribution in [0.15, 0.2) is 12.1 Å². The normalized spacial score (nSPS) is 11.9. The Hall–Kier alpha value is -1.20. The van der Waals surface area contributed by atoms with Crippen LogP contribution in [0.25, 0.3) is 11.2 Å². The van der Waals surface area contributed by atoms with E-state index in [1.54, 1.807) is 0 Å². The molecular formula is C14H22N4S. The Morgan fingerprint density at radius 1 is 1.42 bits per heavy atom. The van der Waals surface area contributed by atoms with Crippen LogP contribution >= 0.6 is 12.2 Å². The van der Waals surface area contributed by atoms with Gasteiger partial charge >= 0.3 is 0 Å². The van der Waals surface area contributed by atoms with E-state index in [0.29, 0.717) is 6.04 Å². The fourth-order valence-electron chi connectivity index (χ4n) is 2.07. The van der Waals surface area contributed by atoms with Crippen molar-refractivity contribution in [2.24, 2.45) is 0 Å². The standard InChI is InChI=1S/C14H22N4S/c1-10(2)17(4)8-5-9-18-13-12(16-14(18)19)7-6-11(3)15-13/h6-7,10H,5,8-9H2,1-4H3,(H,16,19). The van der Waals surface area contributed by atoms with Gasteiger partial charge in [0, 0.05) is 18.3 Å².